The van der Waals surface area contributed by atoms with Crippen molar-refractivity contribution in [2.45, 2.75) is 6.92 Å². The molecule has 0 radical (unpaired) electrons. The van der Waals surface area contributed by atoms with Gasteiger partial charge in [0.25, 0.3) is 0 Å². The lowest BCUT2D eigenvalue weighted by molar-refractivity contribution is 0.395. The van der Waals surface area contributed by atoms with Gasteiger partial charge in [0, 0.05) is 6.07 Å². The zero-order valence-electron chi connectivity index (χ0n) is 9.98. The summed E-state index contributed by atoms with van der Waals surface area (Å²) < 4.78 is 15.8. The molecule has 0 aliphatic carbocycles. The summed E-state index contributed by atoms with van der Waals surface area (Å²) in [6, 6.07) is 3.48. The van der Waals surface area contributed by atoms with Crippen LogP contribution in [0, 0.1) is 6.92 Å². The number of nitrogens with zero attached hydrogens (tertiary/aromatic N) is 1. The van der Waals surface area contributed by atoms with Gasteiger partial charge in [-0.1, -0.05) is 0 Å². The van der Waals surface area contributed by atoms with Crippen molar-refractivity contribution in [2.75, 3.05) is 20.0 Å². The minimum absolute atomic E-state index is 0.456. The van der Waals surface area contributed by atoms with E-state index in [9.17, 15) is 0 Å². The minimum Gasteiger partial charge on any atom is -0.497 e. The average molecular weight is 234 g/mol. The number of ether oxygens (including phenoxy) is 2. The SMILES string of the molecule is COc1cc(OC)c(N)c(-c2ncc(C)o2)c1. The third-order valence-corrected chi connectivity index (χ3v) is 2.42. The van der Waals surface area contributed by atoms with Crippen LogP contribution in [0.25, 0.3) is 11.5 Å². The molecule has 2 aromatic rings. The van der Waals surface area contributed by atoms with Gasteiger partial charge in [0.1, 0.15) is 17.3 Å². The number of aryl methyl sites for hydroxylation is 1. The summed E-state index contributed by atoms with van der Waals surface area (Å²) in [5, 5.41) is 0. The summed E-state index contributed by atoms with van der Waals surface area (Å²) in [6.07, 6.45) is 1.64. The molecule has 0 amide bonds. The first kappa shape index (κ1) is 11.3. The molecule has 0 aliphatic heterocycles. The number of hydrogen-bond donors (Lipinski definition) is 1. The first-order valence-electron chi connectivity index (χ1n) is 5.10. The molecule has 0 fully saturated rings. The number of nitrogens with two attached hydrogens (primary N) is 1. The van der Waals surface area contributed by atoms with Gasteiger partial charge in [0.05, 0.1) is 31.7 Å². The van der Waals surface area contributed by atoms with Crippen molar-refractivity contribution in [2.24, 2.45) is 0 Å². The first-order valence-corrected chi connectivity index (χ1v) is 5.10. The quantitative estimate of drug-likeness (QED) is 0.825. The van der Waals surface area contributed by atoms with Crippen molar-refractivity contribution in [3.63, 3.8) is 0 Å². The Kier molecular flexibility index (Phi) is 2.91. The van der Waals surface area contributed by atoms with E-state index in [2.05, 4.69) is 4.98 Å². The van der Waals surface area contributed by atoms with Crippen LogP contribution in [0.4, 0.5) is 5.69 Å². The third-order valence-electron chi connectivity index (χ3n) is 2.42. The van der Waals surface area contributed by atoms with Crippen LogP contribution in [0.15, 0.2) is 22.7 Å². The van der Waals surface area contributed by atoms with E-state index in [1.807, 2.05) is 6.92 Å². The Morgan fingerprint density at radius 1 is 1.24 bits per heavy atom. The Hall–Kier alpha value is -2.17. The van der Waals surface area contributed by atoms with Crippen LogP contribution in [-0.2, 0) is 0 Å². The van der Waals surface area contributed by atoms with Crippen molar-refractivity contribution in [3.05, 3.63) is 24.1 Å². The summed E-state index contributed by atoms with van der Waals surface area (Å²) in [5.74, 6) is 2.36. The van der Waals surface area contributed by atoms with Crippen molar-refractivity contribution < 1.29 is 13.9 Å². The summed E-state index contributed by atoms with van der Waals surface area (Å²) in [5.41, 5.74) is 7.12. The average Bonchev–Trinajstić information content (AvgIpc) is 2.76. The Labute approximate surface area is 99.2 Å². The van der Waals surface area contributed by atoms with Crippen molar-refractivity contribution in [1.29, 1.82) is 0 Å². The molecule has 1 heterocycles. The van der Waals surface area contributed by atoms with E-state index in [4.69, 9.17) is 19.6 Å². The molecule has 0 aliphatic rings. The number of rotatable bonds is 3. The zero-order chi connectivity index (χ0) is 12.4. The van der Waals surface area contributed by atoms with Crippen molar-refractivity contribution in [1.82, 2.24) is 4.98 Å². The topological polar surface area (TPSA) is 70.5 Å². The normalized spacial score (nSPS) is 10.3. The number of anilines is 1. The summed E-state index contributed by atoms with van der Waals surface area (Å²) in [7, 11) is 3.13. The molecule has 0 atom stereocenters. The van der Waals surface area contributed by atoms with Gasteiger partial charge >= 0.3 is 0 Å². The van der Waals surface area contributed by atoms with E-state index in [1.165, 1.54) is 0 Å². The molecule has 5 heteroatoms. The lowest BCUT2D eigenvalue weighted by Crippen LogP contribution is -1.97. The molecule has 0 unspecified atom stereocenters. The van der Waals surface area contributed by atoms with Gasteiger partial charge in [-0.3, -0.25) is 0 Å². The second-order valence-corrected chi connectivity index (χ2v) is 3.57. The molecule has 0 saturated heterocycles. The Bertz CT molecular complexity index is 535. The largest absolute Gasteiger partial charge is 0.497 e. The highest BCUT2D eigenvalue weighted by molar-refractivity contribution is 5.78. The smallest absolute Gasteiger partial charge is 0.228 e. The van der Waals surface area contributed by atoms with Crippen LogP contribution >= 0.6 is 0 Å². The van der Waals surface area contributed by atoms with E-state index in [1.54, 1.807) is 32.5 Å². The van der Waals surface area contributed by atoms with Gasteiger partial charge in [-0.15, -0.1) is 0 Å². The standard InChI is InChI=1S/C12H14N2O3/c1-7-6-14-12(17-7)9-4-8(15-2)5-10(16-3)11(9)13/h4-6H,13H2,1-3H3. The number of oxazole rings is 1. The molecule has 17 heavy (non-hydrogen) atoms. The lowest BCUT2D eigenvalue weighted by atomic mass is 10.1. The van der Waals surface area contributed by atoms with Gasteiger partial charge in [0.15, 0.2) is 0 Å². The fourth-order valence-electron chi connectivity index (χ4n) is 1.54. The number of nitrogen functional groups attached to an aromatic ring is 1. The number of benzene rings is 1. The molecule has 0 saturated carbocycles. The third kappa shape index (κ3) is 2.04. The molecular weight excluding hydrogens is 220 g/mol. The fourth-order valence-corrected chi connectivity index (χ4v) is 1.54. The van der Waals surface area contributed by atoms with Gasteiger partial charge in [-0.25, -0.2) is 4.98 Å². The van der Waals surface area contributed by atoms with Crippen LogP contribution in [0.3, 0.4) is 0 Å². The van der Waals surface area contributed by atoms with Gasteiger partial charge in [-0.2, -0.15) is 0 Å². The maximum atomic E-state index is 5.98. The highest BCUT2D eigenvalue weighted by Crippen LogP contribution is 2.37. The molecule has 2 rings (SSSR count). The summed E-state index contributed by atoms with van der Waals surface area (Å²) >= 11 is 0. The van der Waals surface area contributed by atoms with Crippen LogP contribution in [-0.4, -0.2) is 19.2 Å². The molecular formula is C12H14N2O3. The van der Waals surface area contributed by atoms with Crippen LogP contribution in [0.1, 0.15) is 5.76 Å². The molecule has 1 aromatic heterocycles. The highest BCUT2D eigenvalue weighted by Gasteiger charge is 2.14. The number of methoxy groups -OCH3 is 2. The maximum Gasteiger partial charge on any atom is 0.228 e. The van der Waals surface area contributed by atoms with Gasteiger partial charge in [-0.05, 0) is 13.0 Å². The number of hydrogen-bond acceptors (Lipinski definition) is 5. The summed E-state index contributed by atoms with van der Waals surface area (Å²) in [4.78, 5) is 4.14. The van der Waals surface area contributed by atoms with Gasteiger partial charge < -0.3 is 19.6 Å². The van der Waals surface area contributed by atoms with Crippen LogP contribution in [0.2, 0.25) is 0 Å². The highest BCUT2D eigenvalue weighted by atomic mass is 16.5. The molecule has 5 nitrogen and oxygen atoms in total. The summed E-state index contributed by atoms with van der Waals surface area (Å²) in [6.45, 7) is 1.82. The Morgan fingerprint density at radius 2 is 2.00 bits per heavy atom. The Morgan fingerprint density at radius 3 is 2.53 bits per heavy atom. The fraction of sp³-hybridized carbons (Fsp3) is 0.250. The molecule has 0 bridgehead atoms. The minimum atomic E-state index is 0.456. The molecule has 1 aromatic carbocycles. The van der Waals surface area contributed by atoms with E-state index >= 15 is 0 Å². The Balaban J connectivity index is 2.59. The second kappa shape index (κ2) is 4.37. The van der Waals surface area contributed by atoms with E-state index in [-0.39, 0.29) is 0 Å². The number of aromatic nitrogens is 1. The van der Waals surface area contributed by atoms with Crippen LogP contribution < -0.4 is 15.2 Å². The van der Waals surface area contributed by atoms with Crippen molar-refractivity contribution >= 4 is 5.69 Å². The first-order chi connectivity index (χ1) is 8.15. The molecule has 90 valence electrons. The predicted octanol–water partition coefficient (Wildman–Crippen LogP) is 2.25. The van der Waals surface area contributed by atoms with Crippen LogP contribution in [0.5, 0.6) is 11.5 Å². The van der Waals surface area contributed by atoms with Gasteiger partial charge in [0.2, 0.25) is 5.89 Å². The molecule has 2 N–H and O–H groups in total. The van der Waals surface area contributed by atoms with E-state index in [0.717, 1.165) is 5.76 Å². The monoisotopic (exact) mass is 234 g/mol. The zero-order valence-corrected chi connectivity index (χ0v) is 9.98. The molecule has 0 spiro atoms. The lowest BCUT2D eigenvalue weighted by Gasteiger charge is -2.10. The van der Waals surface area contributed by atoms with E-state index < -0.39 is 0 Å². The van der Waals surface area contributed by atoms with E-state index in [0.29, 0.717) is 28.6 Å². The maximum absolute atomic E-state index is 5.98. The predicted molar refractivity (Wildman–Crippen MR) is 64.2 cm³/mol. The van der Waals surface area contributed by atoms with Crippen molar-refractivity contribution in [3.8, 4) is 23.0 Å². The second-order valence-electron chi connectivity index (χ2n) is 3.57.